The molecule has 2 aliphatic carbocycles. The fourth-order valence-corrected chi connectivity index (χ4v) is 4.20. The lowest BCUT2D eigenvalue weighted by Gasteiger charge is -2.37. The van der Waals surface area contributed by atoms with Crippen LogP contribution in [-0.2, 0) is 0 Å². The highest BCUT2D eigenvalue weighted by Crippen LogP contribution is 2.42. The molecule has 0 heterocycles. The van der Waals surface area contributed by atoms with Crippen LogP contribution in [0.1, 0.15) is 78.1 Å². The zero-order valence-electron chi connectivity index (χ0n) is 13.5. The molecule has 120 valence electrons. The predicted molar refractivity (Wildman–Crippen MR) is 87.8 cm³/mol. The van der Waals surface area contributed by atoms with Crippen molar-refractivity contribution in [3.05, 3.63) is 12.2 Å². The van der Waals surface area contributed by atoms with E-state index >= 15 is 0 Å². The average Bonchev–Trinajstić information content (AvgIpc) is 2.41. The fraction of sp³-hybridized carbons (Fsp3) is 0.889. The van der Waals surface area contributed by atoms with Gasteiger partial charge in [-0.1, -0.05) is 44.8 Å². The van der Waals surface area contributed by atoms with E-state index in [1.54, 1.807) is 12.8 Å². The minimum absolute atomic E-state index is 0. The van der Waals surface area contributed by atoms with Crippen LogP contribution in [0.5, 0.6) is 0 Å². The van der Waals surface area contributed by atoms with Crippen LogP contribution in [0.4, 0.5) is 0 Å². The Morgan fingerprint density at radius 1 is 0.800 bits per heavy atom. The van der Waals surface area contributed by atoms with Crippen molar-refractivity contribution >= 4 is 0 Å². The molecule has 0 aromatic heterocycles. The molecule has 2 heteroatoms. The van der Waals surface area contributed by atoms with Gasteiger partial charge in [-0.3, -0.25) is 0 Å². The fourth-order valence-electron chi connectivity index (χ4n) is 4.20. The average molecular weight is 284 g/mol. The molecule has 20 heavy (non-hydrogen) atoms. The van der Waals surface area contributed by atoms with Gasteiger partial charge in [0, 0.05) is 0 Å². The van der Waals surface area contributed by atoms with Gasteiger partial charge in [0.2, 0.25) is 0 Å². The molecule has 4 N–H and O–H groups in total. The first-order valence-corrected chi connectivity index (χ1v) is 8.40. The first kappa shape index (κ1) is 19.7. The smallest absolute Gasteiger partial charge is 0.0348 e. The number of hydrogen-bond donors (Lipinski definition) is 0. The summed E-state index contributed by atoms with van der Waals surface area (Å²) in [7, 11) is 0. The van der Waals surface area contributed by atoms with Gasteiger partial charge in [-0.15, -0.1) is 0 Å². The summed E-state index contributed by atoms with van der Waals surface area (Å²) >= 11 is 0. The number of allylic oxidation sites excluding steroid dienone is 2. The van der Waals surface area contributed by atoms with Crippen LogP contribution in [0.15, 0.2) is 12.2 Å². The van der Waals surface area contributed by atoms with Gasteiger partial charge in [0.15, 0.2) is 0 Å². The Labute approximate surface area is 125 Å². The van der Waals surface area contributed by atoms with E-state index in [0.29, 0.717) is 0 Å². The Kier molecular flexibility index (Phi) is 10.2. The molecule has 0 aliphatic heterocycles. The molecule has 0 bridgehead atoms. The zero-order chi connectivity index (χ0) is 12.8. The third-order valence-corrected chi connectivity index (χ3v) is 5.60. The summed E-state index contributed by atoms with van der Waals surface area (Å²) in [6.07, 6.45) is 19.5. The summed E-state index contributed by atoms with van der Waals surface area (Å²) in [6, 6.07) is 0. The van der Waals surface area contributed by atoms with E-state index in [0.717, 1.165) is 23.7 Å². The molecule has 0 unspecified atom stereocenters. The van der Waals surface area contributed by atoms with E-state index in [9.17, 15) is 0 Å². The minimum Gasteiger partial charge on any atom is -0.412 e. The first-order valence-electron chi connectivity index (χ1n) is 8.40. The second-order valence-corrected chi connectivity index (χ2v) is 6.95. The van der Waals surface area contributed by atoms with Gasteiger partial charge in [0.25, 0.3) is 0 Å². The van der Waals surface area contributed by atoms with Gasteiger partial charge in [-0.25, -0.2) is 0 Å². The maximum atomic E-state index is 2.44. The summed E-state index contributed by atoms with van der Waals surface area (Å²) in [4.78, 5) is 0. The number of rotatable bonds is 4. The topological polar surface area (TPSA) is 63.0 Å². The molecule has 0 radical (unpaired) electrons. The highest BCUT2D eigenvalue weighted by atomic mass is 16.0. The Balaban J connectivity index is 0.00000180. The first-order chi connectivity index (χ1) is 8.79. The molecule has 0 aromatic carbocycles. The largest absolute Gasteiger partial charge is 0.412 e. The molecule has 2 fully saturated rings. The quantitative estimate of drug-likeness (QED) is 0.690. The summed E-state index contributed by atoms with van der Waals surface area (Å²) in [5.74, 6) is 4.24. The molecule has 0 amide bonds. The van der Waals surface area contributed by atoms with Crippen molar-refractivity contribution in [2.24, 2.45) is 23.7 Å². The standard InChI is InChI=1S/C18H32.2H2O/c1-3-4-5-6-16-9-13-18(14-10-16)17-11-7-15(2)8-12-17;;/h3-4,15-18H,5-14H2,1-2H3;2*1H2/b4-3+;;. The predicted octanol–water partition coefficient (Wildman–Crippen LogP) is 4.33. The summed E-state index contributed by atoms with van der Waals surface area (Å²) < 4.78 is 0. The molecular formula is C18H36O2. The molecular weight excluding hydrogens is 248 g/mol. The highest BCUT2D eigenvalue weighted by molar-refractivity contribution is 4.83. The van der Waals surface area contributed by atoms with E-state index < -0.39 is 0 Å². The normalized spacial score (nSPS) is 34.3. The van der Waals surface area contributed by atoms with Gasteiger partial charge >= 0.3 is 0 Å². The van der Waals surface area contributed by atoms with Crippen LogP contribution in [0.2, 0.25) is 0 Å². The summed E-state index contributed by atoms with van der Waals surface area (Å²) in [6.45, 7) is 4.58. The summed E-state index contributed by atoms with van der Waals surface area (Å²) in [5.41, 5.74) is 0. The second-order valence-electron chi connectivity index (χ2n) is 6.95. The Hall–Kier alpha value is -0.340. The Morgan fingerprint density at radius 3 is 1.80 bits per heavy atom. The van der Waals surface area contributed by atoms with Crippen molar-refractivity contribution < 1.29 is 11.0 Å². The molecule has 2 aliphatic rings. The van der Waals surface area contributed by atoms with Crippen molar-refractivity contribution in [1.29, 1.82) is 0 Å². The van der Waals surface area contributed by atoms with Crippen molar-refractivity contribution in [3.63, 3.8) is 0 Å². The van der Waals surface area contributed by atoms with E-state index in [2.05, 4.69) is 26.0 Å². The van der Waals surface area contributed by atoms with Crippen molar-refractivity contribution in [2.75, 3.05) is 0 Å². The van der Waals surface area contributed by atoms with Crippen LogP contribution in [0.25, 0.3) is 0 Å². The van der Waals surface area contributed by atoms with Gasteiger partial charge in [-0.2, -0.15) is 0 Å². The maximum absolute atomic E-state index is 2.44. The molecule has 2 nitrogen and oxygen atoms in total. The molecule has 2 saturated carbocycles. The minimum atomic E-state index is 0. The third-order valence-electron chi connectivity index (χ3n) is 5.60. The summed E-state index contributed by atoms with van der Waals surface area (Å²) in [5, 5.41) is 0. The number of hydrogen-bond acceptors (Lipinski definition) is 0. The van der Waals surface area contributed by atoms with Crippen LogP contribution in [0.3, 0.4) is 0 Å². The maximum Gasteiger partial charge on any atom is -0.0348 e. The Bertz CT molecular complexity index is 246. The lowest BCUT2D eigenvalue weighted by molar-refractivity contribution is 0.148. The lowest BCUT2D eigenvalue weighted by atomic mass is 9.69. The third kappa shape index (κ3) is 5.97. The molecule has 0 saturated heterocycles. The monoisotopic (exact) mass is 284 g/mol. The molecule has 2 rings (SSSR count). The molecule has 0 aromatic rings. The van der Waals surface area contributed by atoms with Crippen LogP contribution in [0, 0.1) is 23.7 Å². The van der Waals surface area contributed by atoms with Crippen LogP contribution in [-0.4, -0.2) is 11.0 Å². The van der Waals surface area contributed by atoms with E-state index in [1.807, 2.05) is 0 Å². The van der Waals surface area contributed by atoms with Crippen molar-refractivity contribution in [2.45, 2.75) is 78.1 Å². The molecule has 0 spiro atoms. The van der Waals surface area contributed by atoms with Gasteiger partial charge < -0.3 is 11.0 Å². The van der Waals surface area contributed by atoms with Crippen molar-refractivity contribution in [3.8, 4) is 0 Å². The van der Waals surface area contributed by atoms with E-state index in [4.69, 9.17) is 0 Å². The van der Waals surface area contributed by atoms with Crippen molar-refractivity contribution in [1.82, 2.24) is 0 Å². The SMILES string of the molecule is C/C=C/CCC1CCC(C2CCC(C)CC2)CC1.O.O. The lowest BCUT2D eigenvalue weighted by Crippen LogP contribution is -2.25. The zero-order valence-corrected chi connectivity index (χ0v) is 13.5. The van der Waals surface area contributed by atoms with Crippen LogP contribution < -0.4 is 0 Å². The second kappa shape index (κ2) is 10.4. The van der Waals surface area contributed by atoms with Gasteiger partial charge in [0.1, 0.15) is 0 Å². The van der Waals surface area contributed by atoms with E-state index in [1.165, 1.54) is 51.4 Å². The highest BCUT2D eigenvalue weighted by Gasteiger charge is 2.29. The molecule has 0 atom stereocenters. The van der Waals surface area contributed by atoms with Gasteiger partial charge in [0.05, 0.1) is 0 Å². The Morgan fingerprint density at radius 2 is 1.30 bits per heavy atom. The van der Waals surface area contributed by atoms with Gasteiger partial charge in [-0.05, 0) is 69.1 Å². The van der Waals surface area contributed by atoms with E-state index in [-0.39, 0.29) is 11.0 Å². The van der Waals surface area contributed by atoms with Crippen LogP contribution >= 0.6 is 0 Å².